The molecule has 0 bridgehead atoms. The number of nitrogens with two attached hydrogens (primary N) is 1. The molecule has 0 spiro atoms. The summed E-state index contributed by atoms with van der Waals surface area (Å²) in [5.74, 6) is 1.36. The predicted octanol–water partition coefficient (Wildman–Crippen LogP) is 3.48. The van der Waals surface area contributed by atoms with Crippen molar-refractivity contribution in [3.63, 3.8) is 0 Å². The van der Waals surface area contributed by atoms with Gasteiger partial charge >= 0.3 is 0 Å². The Morgan fingerprint density at radius 1 is 0.958 bits per heavy atom. The minimum atomic E-state index is -0.203. The van der Waals surface area contributed by atoms with Gasteiger partial charge in [-0.05, 0) is 37.0 Å². The molecule has 1 aromatic carbocycles. The number of aryl methyl sites for hydroxylation is 1. The zero-order valence-corrected chi connectivity index (χ0v) is 15.0. The molecular weight excluding hydrogens is 306 g/mol. The Bertz CT molecular complexity index is 476. The van der Waals surface area contributed by atoms with Gasteiger partial charge in [-0.2, -0.15) is 0 Å². The zero-order chi connectivity index (χ0) is 17.6. The Hall–Kier alpha value is -1.75. The van der Waals surface area contributed by atoms with Crippen LogP contribution in [-0.4, -0.2) is 33.3 Å². The van der Waals surface area contributed by atoms with Crippen LogP contribution in [0.2, 0.25) is 0 Å². The standard InChI is InChI=1S/C19H31NO4/c1-22-13-8-14-24-18-15-16(11-12-17(18)23-2)9-6-4-3-5-7-10-19(20)21/h11-12,15H,3-10,13-14H2,1-2H3,(H2,20,21). The van der Waals surface area contributed by atoms with Gasteiger partial charge in [0.25, 0.3) is 0 Å². The second-order valence-electron chi connectivity index (χ2n) is 5.91. The smallest absolute Gasteiger partial charge is 0.217 e. The van der Waals surface area contributed by atoms with E-state index < -0.39 is 0 Å². The summed E-state index contributed by atoms with van der Waals surface area (Å²) >= 11 is 0. The van der Waals surface area contributed by atoms with E-state index in [0.29, 0.717) is 19.6 Å². The van der Waals surface area contributed by atoms with Crippen molar-refractivity contribution < 1.29 is 19.0 Å². The monoisotopic (exact) mass is 337 g/mol. The Labute approximate surface area is 145 Å². The molecular formula is C19H31NO4. The summed E-state index contributed by atoms with van der Waals surface area (Å²) in [5.41, 5.74) is 6.39. The van der Waals surface area contributed by atoms with E-state index in [-0.39, 0.29) is 5.91 Å². The number of amides is 1. The molecule has 2 N–H and O–H groups in total. The first-order valence-corrected chi connectivity index (χ1v) is 8.74. The lowest BCUT2D eigenvalue weighted by molar-refractivity contribution is -0.118. The second-order valence-corrected chi connectivity index (χ2v) is 5.91. The number of benzene rings is 1. The van der Waals surface area contributed by atoms with Crippen molar-refractivity contribution in [1.82, 2.24) is 0 Å². The lowest BCUT2D eigenvalue weighted by Gasteiger charge is -2.12. The first-order chi connectivity index (χ1) is 11.7. The molecule has 0 aliphatic rings. The average Bonchev–Trinajstić information content (AvgIpc) is 2.58. The van der Waals surface area contributed by atoms with E-state index in [9.17, 15) is 4.79 Å². The van der Waals surface area contributed by atoms with E-state index >= 15 is 0 Å². The number of rotatable bonds is 14. The number of primary amides is 1. The van der Waals surface area contributed by atoms with Gasteiger partial charge in [-0.25, -0.2) is 0 Å². The molecule has 0 aromatic heterocycles. The van der Waals surface area contributed by atoms with E-state index in [1.165, 1.54) is 5.56 Å². The third-order valence-corrected chi connectivity index (χ3v) is 3.87. The zero-order valence-electron chi connectivity index (χ0n) is 15.0. The number of unbranched alkanes of at least 4 members (excludes halogenated alkanes) is 4. The van der Waals surface area contributed by atoms with Crippen LogP contribution in [0.5, 0.6) is 11.5 Å². The minimum Gasteiger partial charge on any atom is -0.493 e. The number of carbonyl (C=O) groups is 1. The third kappa shape index (κ3) is 8.77. The van der Waals surface area contributed by atoms with Crippen LogP contribution >= 0.6 is 0 Å². The van der Waals surface area contributed by atoms with Gasteiger partial charge in [0, 0.05) is 26.6 Å². The summed E-state index contributed by atoms with van der Waals surface area (Å²) in [7, 11) is 3.35. The van der Waals surface area contributed by atoms with Gasteiger partial charge in [0.15, 0.2) is 11.5 Å². The van der Waals surface area contributed by atoms with Crippen LogP contribution in [0.3, 0.4) is 0 Å². The second kappa shape index (κ2) is 12.6. The van der Waals surface area contributed by atoms with Crippen molar-refractivity contribution in [2.75, 3.05) is 27.4 Å². The molecule has 0 aliphatic carbocycles. The molecule has 0 aliphatic heterocycles. The molecule has 0 unspecified atom stereocenters. The largest absolute Gasteiger partial charge is 0.493 e. The lowest BCUT2D eigenvalue weighted by Crippen LogP contribution is -2.09. The van der Waals surface area contributed by atoms with Crippen molar-refractivity contribution in [1.29, 1.82) is 0 Å². The van der Waals surface area contributed by atoms with Crippen molar-refractivity contribution in [3.8, 4) is 11.5 Å². The number of carbonyl (C=O) groups excluding carboxylic acids is 1. The molecule has 0 heterocycles. The predicted molar refractivity (Wildman–Crippen MR) is 95.6 cm³/mol. The van der Waals surface area contributed by atoms with Crippen LogP contribution in [0.15, 0.2) is 18.2 Å². The highest BCUT2D eigenvalue weighted by molar-refractivity contribution is 5.73. The maximum absolute atomic E-state index is 10.7. The Morgan fingerprint density at radius 2 is 1.71 bits per heavy atom. The molecule has 5 nitrogen and oxygen atoms in total. The first-order valence-electron chi connectivity index (χ1n) is 8.74. The maximum Gasteiger partial charge on any atom is 0.217 e. The van der Waals surface area contributed by atoms with Gasteiger partial charge in [0.2, 0.25) is 5.91 Å². The molecule has 5 heteroatoms. The Kier molecular flexibility index (Phi) is 10.7. The van der Waals surface area contributed by atoms with Gasteiger partial charge in [-0.3, -0.25) is 4.79 Å². The quantitative estimate of drug-likeness (QED) is 0.528. The molecule has 1 aromatic rings. The molecule has 0 atom stereocenters. The maximum atomic E-state index is 10.7. The van der Waals surface area contributed by atoms with Crippen LogP contribution in [0.25, 0.3) is 0 Å². The minimum absolute atomic E-state index is 0.203. The molecule has 24 heavy (non-hydrogen) atoms. The summed E-state index contributed by atoms with van der Waals surface area (Å²) in [4.78, 5) is 10.7. The molecule has 0 fully saturated rings. The van der Waals surface area contributed by atoms with E-state index in [1.807, 2.05) is 6.07 Å². The highest BCUT2D eigenvalue weighted by atomic mass is 16.5. The fourth-order valence-electron chi connectivity index (χ4n) is 2.53. The van der Waals surface area contributed by atoms with Gasteiger partial charge < -0.3 is 19.9 Å². The first kappa shape index (κ1) is 20.3. The van der Waals surface area contributed by atoms with Gasteiger partial charge in [0.05, 0.1) is 13.7 Å². The normalized spacial score (nSPS) is 10.6. The fourth-order valence-corrected chi connectivity index (χ4v) is 2.53. The number of methoxy groups -OCH3 is 2. The molecule has 136 valence electrons. The van der Waals surface area contributed by atoms with Crippen LogP contribution in [0, 0.1) is 0 Å². The van der Waals surface area contributed by atoms with Crippen LogP contribution in [-0.2, 0) is 16.0 Å². The van der Waals surface area contributed by atoms with E-state index in [1.54, 1.807) is 14.2 Å². The van der Waals surface area contributed by atoms with Gasteiger partial charge in [-0.1, -0.05) is 25.3 Å². The third-order valence-electron chi connectivity index (χ3n) is 3.87. The van der Waals surface area contributed by atoms with Crippen LogP contribution in [0.1, 0.15) is 50.5 Å². The highest BCUT2D eigenvalue weighted by Crippen LogP contribution is 2.29. The fraction of sp³-hybridized carbons (Fsp3) is 0.632. The SMILES string of the molecule is COCCCOc1cc(CCCCCCCC(N)=O)ccc1OC. The summed E-state index contributed by atoms with van der Waals surface area (Å²) in [6.07, 6.45) is 7.78. The Morgan fingerprint density at radius 3 is 2.42 bits per heavy atom. The van der Waals surface area contributed by atoms with Gasteiger partial charge in [-0.15, -0.1) is 0 Å². The molecule has 0 saturated carbocycles. The number of hydrogen-bond acceptors (Lipinski definition) is 4. The molecule has 0 saturated heterocycles. The van der Waals surface area contributed by atoms with Crippen molar-refractivity contribution in [2.24, 2.45) is 5.73 Å². The summed E-state index contributed by atoms with van der Waals surface area (Å²) in [6.45, 7) is 1.31. The van der Waals surface area contributed by atoms with Crippen molar-refractivity contribution >= 4 is 5.91 Å². The van der Waals surface area contributed by atoms with Crippen molar-refractivity contribution in [3.05, 3.63) is 23.8 Å². The topological polar surface area (TPSA) is 70.8 Å². The molecule has 1 rings (SSSR count). The summed E-state index contributed by atoms with van der Waals surface area (Å²) in [6, 6.07) is 6.13. The van der Waals surface area contributed by atoms with E-state index in [4.69, 9.17) is 19.9 Å². The summed E-state index contributed by atoms with van der Waals surface area (Å²) < 4.78 is 16.2. The number of ether oxygens (including phenoxy) is 3. The Balaban J connectivity index is 2.32. The van der Waals surface area contributed by atoms with E-state index in [2.05, 4.69) is 12.1 Å². The average molecular weight is 337 g/mol. The lowest BCUT2D eigenvalue weighted by atomic mass is 10.0. The molecule has 0 radical (unpaired) electrons. The number of hydrogen-bond donors (Lipinski definition) is 1. The van der Waals surface area contributed by atoms with E-state index in [0.717, 1.165) is 56.4 Å². The van der Waals surface area contributed by atoms with Crippen LogP contribution < -0.4 is 15.2 Å². The molecule has 1 amide bonds. The van der Waals surface area contributed by atoms with Crippen molar-refractivity contribution in [2.45, 2.75) is 51.4 Å². The van der Waals surface area contributed by atoms with Crippen LogP contribution in [0.4, 0.5) is 0 Å². The highest BCUT2D eigenvalue weighted by Gasteiger charge is 2.06. The summed E-state index contributed by atoms with van der Waals surface area (Å²) in [5, 5.41) is 0. The van der Waals surface area contributed by atoms with Gasteiger partial charge in [0.1, 0.15) is 0 Å².